The molecule has 0 radical (unpaired) electrons. The summed E-state index contributed by atoms with van der Waals surface area (Å²) in [4.78, 5) is 2.77. The zero-order chi connectivity index (χ0) is 11.0. The fraction of sp³-hybridized carbons (Fsp3) is 1.00. The standard InChI is InChI=1S/C14H26N2/c1-12-10-15-11-13(12)16-8-6-14(7-9-16)4-2-3-5-14/h12-13,15H,2-11H2,1H3. The molecule has 1 spiro atoms. The molecule has 2 heteroatoms. The molecule has 2 atom stereocenters. The zero-order valence-corrected chi connectivity index (χ0v) is 10.7. The van der Waals surface area contributed by atoms with Crippen LogP contribution in [0.2, 0.25) is 0 Å². The summed E-state index contributed by atoms with van der Waals surface area (Å²) in [5.74, 6) is 0.859. The summed E-state index contributed by atoms with van der Waals surface area (Å²) >= 11 is 0. The minimum atomic E-state index is 0.784. The third kappa shape index (κ3) is 1.91. The minimum Gasteiger partial charge on any atom is -0.315 e. The molecule has 3 aliphatic rings. The first-order valence-electron chi connectivity index (χ1n) is 7.24. The molecule has 2 saturated heterocycles. The van der Waals surface area contributed by atoms with Crippen molar-refractivity contribution in [2.45, 2.75) is 51.5 Å². The minimum absolute atomic E-state index is 0.784. The van der Waals surface area contributed by atoms with Gasteiger partial charge < -0.3 is 5.32 Å². The molecule has 1 aliphatic carbocycles. The summed E-state index contributed by atoms with van der Waals surface area (Å²) < 4.78 is 0. The van der Waals surface area contributed by atoms with Gasteiger partial charge in [0, 0.05) is 12.6 Å². The lowest BCUT2D eigenvalue weighted by molar-refractivity contribution is 0.0697. The molecule has 0 aromatic carbocycles. The van der Waals surface area contributed by atoms with Crippen LogP contribution in [-0.4, -0.2) is 37.1 Å². The maximum atomic E-state index is 3.54. The van der Waals surface area contributed by atoms with Gasteiger partial charge in [0.15, 0.2) is 0 Å². The summed E-state index contributed by atoms with van der Waals surface area (Å²) in [6, 6.07) is 0.832. The summed E-state index contributed by atoms with van der Waals surface area (Å²) in [6.07, 6.45) is 9.02. The van der Waals surface area contributed by atoms with Crippen molar-refractivity contribution in [1.29, 1.82) is 0 Å². The molecular weight excluding hydrogens is 196 g/mol. The van der Waals surface area contributed by atoms with E-state index in [0.717, 1.165) is 17.4 Å². The average Bonchev–Trinajstić information content (AvgIpc) is 2.90. The van der Waals surface area contributed by atoms with Crippen LogP contribution in [0.5, 0.6) is 0 Å². The predicted octanol–water partition coefficient (Wildman–Crippen LogP) is 2.25. The van der Waals surface area contributed by atoms with Crippen molar-refractivity contribution in [3.8, 4) is 0 Å². The second kappa shape index (κ2) is 4.30. The molecule has 3 fully saturated rings. The SMILES string of the molecule is CC1CNCC1N1CCC2(CCCC2)CC1. The highest BCUT2D eigenvalue weighted by molar-refractivity contribution is 4.94. The number of piperidine rings is 1. The number of nitrogens with zero attached hydrogens (tertiary/aromatic N) is 1. The Kier molecular flexibility index (Phi) is 2.97. The first kappa shape index (κ1) is 11.0. The monoisotopic (exact) mass is 222 g/mol. The molecule has 2 nitrogen and oxygen atoms in total. The van der Waals surface area contributed by atoms with Gasteiger partial charge in [-0.15, -0.1) is 0 Å². The second-order valence-electron chi connectivity index (χ2n) is 6.45. The highest BCUT2D eigenvalue weighted by atomic mass is 15.2. The van der Waals surface area contributed by atoms with Gasteiger partial charge in [-0.3, -0.25) is 4.90 Å². The van der Waals surface area contributed by atoms with Gasteiger partial charge >= 0.3 is 0 Å². The van der Waals surface area contributed by atoms with E-state index in [2.05, 4.69) is 17.1 Å². The maximum absolute atomic E-state index is 3.54. The van der Waals surface area contributed by atoms with Gasteiger partial charge in [-0.05, 0) is 56.7 Å². The summed E-state index contributed by atoms with van der Waals surface area (Å²) in [6.45, 7) is 7.61. The summed E-state index contributed by atoms with van der Waals surface area (Å²) in [7, 11) is 0. The third-order valence-electron chi connectivity index (χ3n) is 5.47. The lowest BCUT2D eigenvalue weighted by Gasteiger charge is -2.42. The molecule has 0 aromatic heterocycles. The highest BCUT2D eigenvalue weighted by Gasteiger charge is 2.39. The van der Waals surface area contributed by atoms with E-state index in [1.807, 2.05) is 0 Å². The molecule has 1 N–H and O–H groups in total. The van der Waals surface area contributed by atoms with E-state index in [9.17, 15) is 0 Å². The van der Waals surface area contributed by atoms with Gasteiger partial charge in [0.2, 0.25) is 0 Å². The van der Waals surface area contributed by atoms with Crippen molar-refractivity contribution in [2.75, 3.05) is 26.2 Å². The van der Waals surface area contributed by atoms with Crippen LogP contribution in [0.25, 0.3) is 0 Å². The fourth-order valence-electron chi connectivity index (χ4n) is 4.24. The van der Waals surface area contributed by atoms with Gasteiger partial charge in [-0.1, -0.05) is 19.8 Å². The van der Waals surface area contributed by atoms with Gasteiger partial charge in [0.25, 0.3) is 0 Å². The van der Waals surface area contributed by atoms with E-state index >= 15 is 0 Å². The van der Waals surface area contributed by atoms with E-state index in [1.165, 1.54) is 64.7 Å². The van der Waals surface area contributed by atoms with Crippen LogP contribution in [-0.2, 0) is 0 Å². The van der Waals surface area contributed by atoms with Gasteiger partial charge in [-0.25, -0.2) is 0 Å². The summed E-state index contributed by atoms with van der Waals surface area (Å²) in [5.41, 5.74) is 0.784. The Morgan fingerprint density at radius 1 is 1.00 bits per heavy atom. The first-order chi connectivity index (χ1) is 7.79. The first-order valence-corrected chi connectivity index (χ1v) is 7.24. The predicted molar refractivity (Wildman–Crippen MR) is 67.5 cm³/mol. The maximum Gasteiger partial charge on any atom is 0.0258 e. The van der Waals surface area contributed by atoms with Crippen LogP contribution in [0.1, 0.15) is 45.4 Å². The van der Waals surface area contributed by atoms with Crippen LogP contribution in [0.3, 0.4) is 0 Å². The lowest BCUT2D eigenvalue weighted by atomic mass is 9.76. The molecule has 1 saturated carbocycles. The molecule has 92 valence electrons. The number of likely N-dealkylation sites (tertiary alicyclic amines) is 1. The van der Waals surface area contributed by atoms with E-state index < -0.39 is 0 Å². The number of rotatable bonds is 1. The van der Waals surface area contributed by atoms with E-state index in [-0.39, 0.29) is 0 Å². The zero-order valence-electron chi connectivity index (χ0n) is 10.7. The van der Waals surface area contributed by atoms with Crippen LogP contribution >= 0.6 is 0 Å². The van der Waals surface area contributed by atoms with Crippen molar-refractivity contribution in [3.63, 3.8) is 0 Å². The number of hydrogen-bond acceptors (Lipinski definition) is 2. The molecule has 2 aliphatic heterocycles. The van der Waals surface area contributed by atoms with Crippen LogP contribution in [0.4, 0.5) is 0 Å². The largest absolute Gasteiger partial charge is 0.315 e. The van der Waals surface area contributed by atoms with Crippen LogP contribution in [0.15, 0.2) is 0 Å². The van der Waals surface area contributed by atoms with Crippen molar-refractivity contribution >= 4 is 0 Å². The van der Waals surface area contributed by atoms with Gasteiger partial charge in [0.1, 0.15) is 0 Å². The third-order valence-corrected chi connectivity index (χ3v) is 5.47. The summed E-state index contributed by atoms with van der Waals surface area (Å²) in [5, 5.41) is 3.54. The second-order valence-corrected chi connectivity index (χ2v) is 6.45. The molecule has 3 rings (SSSR count). The van der Waals surface area contributed by atoms with Crippen molar-refractivity contribution in [1.82, 2.24) is 10.2 Å². The fourth-order valence-corrected chi connectivity index (χ4v) is 4.24. The van der Waals surface area contributed by atoms with Gasteiger partial charge in [0.05, 0.1) is 0 Å². The Morgan fingerprint density at radius 3 is 2.25 bits per heavy atom. The molecule has 16 heavy (non-hydrogen) atoms. The Balaban J connectivity index is 1.57. The van der Waals surface area contributed by atoms with Crippen molar-refractivity contribution in [3.05, 3.63) is 0 Å². The smallest absolute Gasteiger partial charge is 0.0258 e. The van der Waals surface area contributed by atoms with Crippen LogP contribution < -0.4 is 5.32 Å². The lowest BCUT2D eigenvalue weighted by Crippen LogP contribution is -2.47. The van der Waals surface area contributed by atoms with E-state index in [1.54, 1.807) is 0 Å². The number of hydrogen-bond donors (Lipinski definition) is 1. The van der Waals surface area contributed by atoms with Crippen LogP contribution in [0, 0.1) is 11.3 Å². The highest BCUT2D eigenvalue weighted by Crippen LogP contribution is 2.46. The molecule has 2 unspecified atom stereocenters. The molecule has 0 bridgehead atoms. The number of nitrogens with one attached hydrogen (secondary N) is 1. The average molecular weight is 222 g/mol. The Labute approximate surface area is 99.8 Å². The quantitative estimate of drug-likeness (QED) is 0.732. The normalized spacial score (nSPS) is 39.6. The Hall–Kier alpha value is -0.0800. The van der Waals surface area contributed by atoms with E-state index in [4.69, 9.17) is 0 Å². The van der Waals surface area contributed by atoms with Gasteiger partial charge in [-0.2, -0.15) is 0 Å². The molecule has 2 heterocycles. The molecule has 0 amide bonds. The molecule has 0 aromatic rings. The van der Waals surface area contributed by atoms with Crippen molar-refractivity contribution in [2.24, 2.45) is 11.3 Å². The Morgan fingerprint density at radius 2 is 1.69 bits per heavy atom. The topological polar surface area (TPSA) is 15.3 Å². The van der Waals surface area contributed by atoms with E-state index in [0.29, 0.717) is 0 Å². The van der Waals surface area contributed by atoms with Crippen molar-refractivity contribution < 1.29 is 0 Å². The molecular formula is C14H26N2. The Bertz CT molecular complexity index is 235.